The van der Waals surface area contributed by atoms with E-state index in [9.17, 15) is 9.59 Å². The average Bonchev–Trinajstić information content (AvgIpc) is 2.41. The van der Waals surface area contributed by atoms with Crippen molar-refractivity contribution in [2.45, 2.75) is 13.3 Å². The molecule has 0 fully saturated rings. The van der Waals surface area contributed by atoms with Crippen LogP contribution in [0.2, 0.25) is 10.0 Å². The molecule has 0 radical (unpaired) electrons. The second-order valence-electron chi connectivity index (χ2n) is 4.07. The Morgan fingerprint density at radius 3 is 2.45 bits per heavy atom. The Morgan fingerprint density at radius 2 is 1.95 bits per heavy atom. The molecule has 0 aliphatic rings. The van der Waals surface area contributed by atoms with Crippen LogP contribution in [0.4, 0.5) is 0 Å². The van der Waals surface area contributed by atoms with Crippen LogP contribution in [0.5, 0.6) is 5.75 Å². The van der Waals surface area contributed by atoms with Crippen molar-refractivity contribution >= 4 is 35.0 Å². The molecule has 0 heterocycles. The number of rotatable bonds is 7. The molecule has 1 aromatic carbocycles. The van der Waals surface area contributed by atoms with Crippen molar-refractivity contribution in [3.63, 3.8) is 0 Å². The second kappa shape index (κ2) is 7.47. The maximum Gasteiger partial charge on any atom is 0.341 e. The summed E-state index contributed by atoms with van der Waals surface area (Å²) in [6, 6.07) is 2.79. The third-order valence-electron chi connectivity index (χ3n) is 2.75. The number of ketones is 1. The Morgan fingerprint density at radius 1 is 1.30 bits per heavy atom. The van der Waals surface area contributed by atoms with E-state index in [4.69, 9.17) is 38.2 Å². The Hall–Kier alpha value is -1.30. The van der Waals surface area contributed by atoms with E-state index in [1.807, 2.05) is 0 Å². The summed E-state index contributed by atoms with van der Waals surface area (Å²) < 4.78 is 4.95. The lowest BCUT2D eigenvalue weighted by atomic mass is 9.96. The first-order chi connectivity index (χ1) is 9.42. The predicted molar refractivity (Wildman–Crippen MR) is 74.8 cm³/mol. The smallest absolute Gasteiger partial charge is 0.341 e. The molecule has 5 nitrogen and oxygen atoms in total. The topological polar surface area (TPSA) is 83.8 Å². The van der Waals surface area contributed by atoms with E-state index in [1.54, 1.807) is 6.92 Å². The molecule has 0 saturated carbocycles. The molecule has 20 heavy (non-hydrogen) atoms. The first kappa shape index (κ1) is 16.8. The van der Waals surface area contributed by atoms with Gasteiger partial charge in [-0.2, -0.15) is 0 Å². The fraction of sp³-hybridized carbons (Fsp3) is 0.385. The number of aliphatic hydroxyl groups excluding tert-OH is 1. The molecule has 7 heteroatoms. The van der Waals surface area contributed by atoms with Crippen LogP contribution >= 0.6 is 23.2 Å². The largest absolute Gasteiger partial charge is 0.480 e. The van der Waals surface area contributed by atoms with Gasteiger partial charge in [-0.3, -0.25) is 4.79 Å². The van der Waals surface area contributed by atoms with Gasteiger partial charge in [0.1, 0.15) is 10.8 Å². The van der Waals surface area contributed by atoms with Crippen molar-refractivity contribution in [1.29, 1.82) is 0 Å². The monoisotopic (exact) mass is 320 g/mol. The van der Waals surface area contributed by atoms with Crippen LogP contribution in [0, 0.1) is 5.92 Å². The number of aliphatic carboxylic acids is 1. The predicted octanol–water partition coefficient (Wildman–Crippen LogP) is 2.66. The van der Waals surface area contributed by atoms with Crippen LogP contribution in [-0.2, 0) is 4.79 Å². The van der Waals surface area contributed by atoms with Gasteiger partial charge in [-0.1, -0.05) is 30.1 Å². The van der Waals surface area contributed by atoms with Gasteiger partial charge in [-0.15, -0.1) is 0 Å². The van der Waals surface area contributed by atoms with E-state index in [0.29, 0.717) is 6.42 Å². The Balaban J connectivity index is 3.05. The lowest BCUT2D eigenvalue weighted by Crippen LogP contribution is -2.18. The van der Waals surface area contributed by atoms with Crippen molar-refractivity contribution in [2.75, 3.05) is 13.2 Å². The highest BCUT2D eigenvalue weighted by molar-refractivity contribution is 6.44. The zero-order valence-corrected chi connectivity index (χ0v) is 12.2. The minimum absolute atomic E-state index is 0.00791. The number of halogens is 2. The first-order valence-corrected chi connectivity index (χ1v) is 6.65. The number of aliphatic hydroxyl groups is 1. The van der Waals surface area contributed by atoms with Gasteiger partial charge in [0.25, 0.3) is 0 Å². The lowest BCUT2D eigenvalue weighted by Gasteiger charge is -2.14. The number of Topliss-reactive ketones (excluding diaryl/α,β-unsaturated/α-hetero) is 1. The Labute approximate surface area is 126 Å². The molecule has 1 rings (SSSR count). The molecule has 1 atom stereocenters. The quantitative estimate of drug-likeness (QED) is 0.754. The SMILES string of the molecule is CCC(CO)C(=O)c1ccc(OCC(=O)O)c(Cl)c1Cl. The zero-order chi connectivity index (χ0) is 15.3. The number of benzene rings is 1. The van der Waals surface area contributed by atoms with Gasteiger partial charge in [0.15, 0.2) is 12.4 Å². The maximum absolute atomic E-state index is 12.1. The summed E-state index contributed by atoms with van der Waals surface area (Å²) in [4.78, 5) is 22.5. The summed E-state index contributed by atoms with van der Waals surface area (Å²) in [7, 11) is 0. The summed E-state index contributed by atoms with van der Waals surface area (Å²) >= 11 is 12.0. The molecule has 110 valence electrons. The van der Waals surface area contributed by atoms with E-state index in [0.717, 1.165) is 0 Å². The number of carboxylic acid groups (broad SMARTS) is 1. The van der Waals surface area contributed by atoms with Gasteiger partial charge in [-0.05, 0) is 18.6 Å². The van der Waals surface area contributed by atoms with Crippen molar-refractivity contribution in [2.24, 2.45) is 5.92 Å². The number of hydrogen-bond donors (Lipinski definition) is 2. The molecular formula is C13H14Cl2O5. The molecule has 0 aromatic heterocycles. The fourth-order valence-corrected chi connectivity index (χ4v) is 2.06. The van der Waals surface area contributed by atoms with Gasteiger partial charge in [0.05, 0.1) is 11.6 Å². The maximum atomic E-state index is 12.1. The summed E-state index contributed by atoms with van der Waals surface area (Å²) in [6.45, 7) is 0.941. The molecule has 1 unspecified atom stereocenters. The zero-order valence-electron chi connectivity index (χ0n) is 10.7. The minimum atomic E-state index is -1.15. The Kier molecular flexibility index (Phi) is 6.26. The number of carbonyl (C=O) groups excluding carboxylic acids is 1. The molecular weight excluding hydrogens is 307 g/mol. The highest BCUT2D eigenvalue weighted by Gasteiger charge is 2.22. The van der Waals surface area contributed by atoms with E-state index < -0.39 is 18.5 Å². The highest BCUT2D eigenvalue weighted by Crippen LogP contribution is 2.35. The summed E-state index contributed by atoms with van der Waals surface area (Å²) in [5.74, 6) is -1.92. The van der Waals surface area contributed by atoms with Gasteiger partial charge in [0, 0.05) is 11.5 Å². The normalized spacial score (nSPS) is 12.0. The molecule has 0 saturated heterocycles. The standard InChI is InChI=1S/C13H14Cl2O5/c1-2-7(5-16)13(19)8-3-4-9(12(15)11(8)14)20-6-10(17)18/h3-4,7,16H,2,5-6H2,1H3,(H,17,18). The van der Waals surface area contributed by atoms with Crippen molar-refractivity contribution in [1.82, 2.24) is 0 Å². The summed E-state index contributed by atoms with van der Waals surface area (Å²) in [6.07, 6.45) is 0.473. The van der Waals surface area contributed by atoms with Crippen molar-refractivity contribution in [3.8, 4) is 5.75 Å². The number of hydrogen-bond acceptors (Lipinski definition) is 4. The van der Waals surface area contributed by atoms with Gasteiger partial charge < -0.3 is 14.9 Å². The van der Waals surface area contributed by atoms with Gasteiger partial charge in [0.2, 0.25) is 0 Å². The number of carbonyl (C=O) groups is 2. The number of carboxylic acids is 1. The van der Waals surface area contributed by atoms with E-state index in [-0.39, 0.29) is 33.7 Å². The minimum Gasteiger partial charge on any atom is -0.480 e. The van der Waals surface area contributed by atoms with E-state index in [1.165, 1.54) is 12.1 Å². The first-order valence-electron chi connectivity index (χ1n) is 5.90. The van der Waals surface area contributed by atoms with Crippen LogP contribution in [0.25, 0.3) is 0 Å². The lowest BCUT2D eigenvalue weighted by molar-refractivity contribution is -0.139. The molecule has 2 N–H and O–H groups in total. The van der Waals surface area contributed by atoms with Crippen LogP contribution in [-0.4, -0.2) is 35.2 Å². The molecule has 0 aliphatic heterocycles. The van der Waals surface area contributed by atoms with E-state index >= 15 is 0 Å². The van der Waals surface area contributed by atoms with Crippen LogP contribution < -0.4 is 4.74 Å². The average molecular weight is 321 g/mol. The van der Waals surface area contributed by atoms with E-state index in [2.05, 4.69) is 0 Å². The van der Waals surface area contributed by atoms with Crippen molar-refractivity contribution < 1.29 is 24.5 Å². The second-order valence-corrected chi connectivity index (χ2v) is 4.83. The van der Waals surface area contributed by atoms with Gasteiger partial charge >= 0.3 is 5.97 Å². The van der Waals surface area contributed by atoms with Gasteiger partial charge in [-0.25, -0.2) is 4.79 Å². The third-order valence-corrected chi connectivity index (χ3v) is 3.61. The number of ether oxygens (including phenoxy) is 1. The Bertz CT molecular complexity index is 512. The van der Waals surface area contributed by atoms with Crippen LogP contribution in [0.15, 0.2) is 12.1 Å². The van der Waals surface area contributed by atoms with Crippen LogP contribution in [0.1, 0.15) is 23.7 Å². The fourth-order valence-electron chi connectivity index (χ4n) is 1.59. The molecule has 0 bridgehead atoms. The summed E-state index contributed by atoms with van der Waals surface area (Å²) in [5, 5.41) is 17.6. The molecule has 1 aromatic rings. The third kappa shape index (κ3) is 3.85. The molecule has 0 aliphatic carbocycles. The summed E-state index contributed by atoms with van der Waals surface area (Å²) in [5.41, 5.74) is 0.181. The highest BCUT2D eigenvalue weighted by atomic mass is 35.5. The molecule has 0 amide bonds. The van der Waals surface area contributed by atoms with Crippen LogP contribution in [0.3, 0.4) is 0 Å². The molecule has 0 spiro atoms. The van der Waals surface area contributed by atoms with Crippen molar-refractivity contribution in [3.05, 3.63) is 27.7 Å².